The molecule has 0 amide bonds. The van der Waals surface area contributed by atoms with E-state index in [9.17, 15) is 0 Å². The van der Waals surface area contributed by atoms with Crippen LogP contribution in [0.15, 0.2) is 48.5 Å². The predicted molar refractivity (Wildman–Crippen MR) is 87.2 cm³/mol. The van der Waals surface area contributed by atoms with E-state index in [-0.39, 0.29) is 11.5 Å². The lowest BCUT2D eigenvalue weighted by molar-refractivity contribution is 0.567. The molecule has 0 aliphatic rings. The molecule has 2 rings (SSSR count). The van der Waals surface area contributed by atoms with E-state index < -0.39 is 0 Å². The molecule has 1 nitrogen and oxygen atoms in total. The monoisotopic (exact) mass is 267 g/mol. The van der Waals surface area contributed by atoms with Gasteiger partial charge in [0.15, 0.2) is 0 Å². The van der Waals surface area contributed by atoms with Crippen molar-refractivity contribution in [1.29, 1.82) is 0 Å². The summed E-state index contributed by atoms with van der Waals surface area (Å²) in [6.07, 6.45) is 0. The molecule has 1 heteroatoms. The molecule has 0 spiro atoms. The van der Waals surface area contributed by atoms with Crippen LogP contribution in [0.1, 0.15) is 49.1 Å². The van der Waals surface area contributed by atoms with Crippen molar-refractivity contribution in [2.75, 3.05) is 7.05 Å². The minimum absolute atomic E-state index is 0.149. The quantitative estimate of drug-likeness (QED) is 0.857. The largest absolute Gasteiger partial charge is 0.309 e. The second-order valence-electron chi connectivity index (χ2n) is 6.47. The molecule has 2 aromatic carbocycles. The van der Waals surface area contributed by atoms with E-state index in [4.69, 9.17) is 0 Å². The molecular formula is C19H25N. The van der Waals surface area contributed by atoms with E-state index in [2.05, 4.69) is 81.5 Å². The Bertz CT molecular complexity index is 561. The highest BCUT2D eigenvalue weighted by Crippen LogP contribution is 2.32. The summed E-state index contributed by atoms with van der Waals surface area (Å²) in [5, 5.41) is 3.47. The molecule has 1 N–H and O–H groups in total. The summed E-state index contributed by atoms with van der Waals surface area (Å²) in [5.41, 5.74) is 5.53. The van der Waals surface area contributed by atoms with Crippen molar-refractivity contribution in [3.63, 3.8) is 0 Å². The fraction of sp³-hybridized carbons (Fsp3) is 0.368. The first-order valence-corrected chi connectivity index (χ1v) is 7.26. The SMILES string of the molecule is CNC(c1ccc(C)cc1)c1ccccc1C(C)(C)C. The van der Waals surface area contributed by atoms with Crippen LogP contribution in [0.2, 0.25) is 0 Å². The fourth-order valence-corrected chi connectivity index (χ4v) is 2.69. The summed E-state index contributed by atoms with van der Waals surface area (Å²) in [5.74, 6) is 0. The number of benzene rings is 2. The molecule has 0 saturated heterocycles. The lowest BCUT2D eigenvalue weighted by atomic mass is 9.80. The van der Waals surface area contributed by atoms with Crippen molar-refractivity contribution in [3.8, 4) is 0 Å². The molecule has 0 aliphatic carbocycles. The average molecular weight is 267 g/mol. The molecule has 2 aromatic rings. The van der Waals surface area contributed by atoms with Gasteiger partial charge in [-0.3, -0.25) is 0 Å². The minimum Gasteiger partial charge on any atom is -0.309 e. The molecule has 0 fully saturated rings. The van der Waals surface area contributed by atoms with Gasteiger partial charge in [0.2, 0.25) is 0 Å². The van der Waals surface area contributed by atoms with E-state index in [1.165, 1.54) is 22.3 Å². The molecular weight excluding hydrogens is 242 g/mol. The van der Waals surface area contributed by atoms with Crippen molar-refractivity contribution in [1.82, 2.24) is 5.32 Å². The fourth-order valence-electron chi connectivity index (χ4n) is 2.69. The summed E-state index contributed by atoms with van der Waals surface area (Å²) in [7, 11) is 2.03. The molecule has 0 bridgehead atoms. The van der Waals surface area contributed by atoms with Crippen LogP contribution in [-0.2, 0) is 5.41 Å². The van der Waals surface area contributed by atoms with Crippen LogP contribution in [-0.4, -0.2) is 7.05 Å². The van der Waals surface area contributed by atoms with E-state index in [1.807, 2.05) is 7.05 Å². The van der Waals surface area contributed by atoms with Crippen LogP contribution in [0, 0.1) is 6.92 Å². The number of aryl methyl sites for hydroxylation is 1. The van der Waals surface area contributed by atoms with E-state index in [1.54, 1.807) is 0 Å². The lowest BCUT2D eigenvalue weighted by Crippen LogP contribution is -2.23. The summed E-state index contributed by atoms with van der Waals surface area (Å²) in [6, 6.07) is 17.8. The Hall–Kier alpha value is -1.60. The van der Waals surface area contributed by atoms with Gasteiger partial charge in [0, 0.05) is 0 Å². The zero-order valence-corrected chi connectivity index (χ0v) is 13.2. The van der Waals surface area contributed by atoms with Gasteiger partial charge in [-0.25, -0.2) is 0 Å². The molecule has 0 aliphatic heterocycles. The Morgan fingerprint density at radius 2 is 1.50 bits per heavy atom. The topological polar surface area (TPSA) is 12.0 Å². The van der Waals surface area contributed by atoms with Crippen molar-refractivity contribution in [2.24, 2.45) is 0 Å². The van der Waals surface area contributed by atoms with E-state index in [0.29, 0.717) is 0 Å². The molecule has 0 aromatic heterocycles. The summed E-state index contributed by atoms with van der Waals surface area (Å²) in [4.78, 5) is 0. The third kappa shape index (κ3) is 3.10. The normalized spacial score (nSPS) is 13.2. The van der Waals surface area contributed by atoms with Gasteiger partial charge in [0.25, 0.3) is 0 Å². The Labute approximate surface area is 123 Å². The van der Waals surface area contributed by atoms with Gasteiger partial charge in [-0.2, -0.15) is 0 Å². The Morgan fingerprint density at radius 1 is 0.900 bits per heavy atom. The van der Waals surface area contributed by atoms with Gasteiger partial charge in [0.05, 0.1) is 6.04 Å². The standard InChI is InChI=1S/C19H25N/c1-14-10-12-15(13-11-14)18(20-5)16-8-6-7-9-17(16)19(2,3)4/h6-13,18,20H,1-5H3. The average Bonchev–Trinajstić information content (AvgIpc) is 2.41. The molecule has 0 radical (unpaired) electrons. The number of rotatable bonds is 3. The van der Waals surface area contributed by atoms with Gasteiger partial charge >= 0.3 is 0 Å². The highest BCUT2D eigenvalue weighted by Gasteiger charge is 2.22. The van der Waals surface area contributed by atoms with Crippen molar-refractivity contribution >= 4 is 0 Å². The van der Waals surface area contributed by atoms with Crippen LogP contribution >= 0.6 is 0 Å². The zero-order chi connectivity index (χ0) is 14.8. The molecule has 0 heterocycles. The van der Waals surface area contributed by atoms with Crippen LogP contribution in [0.25, 0.3) is 0 Å². The van der Waals surface area contributed by atoms with Crippen LogP contribution in [0.4, 0.5) is 0 Å². The van der Waals surface area contributed by atoms with Crippen LogP contribution in [0.3, 0.4) is 0 Å². The maximum Gasteiger partial charge on any atom is 0.0577 e. The van der Waals surface area contributed by atoms with Crippen LogP contribution in [0.5, 0.6) is 0 Å². The first-order chi connectivity index (χ1) is 9.43. The van der Waals surface area contributed by atoms with Gasteiger partial charge in [-0.15, -0.1) is 0 Å². The van der Waals surface area contributed by atoms with Gasteiger partial charge in [0.1, 0.15) is 0 Å². The van der Waals surface area contributed by atoms with Gasteiger partial charge < -0.3 is 5.32 Å². The number of nitrogens with one attached hydrogen (secondary N) is 1. The smallest absolute Gasteiger partial charge is 0.0577 e. The van der Waals surface area contributed by atoms with Crippen LogP contribution < -0.4 is 5.32 Å². The first kappa shape index (κ1) is 14.8. The van der Waals surface area contributed by atoms with Gasteiger partial charge in [-0.1, -0.05) is 74.9 Å². The number of hydrogen-bond donors (Lipinski definition) is 1. The summed E-state index contributed by atoms with van der Waals surface area (Å²) >= 11 is 0. The summed E-state index contributed by atoms with van der Waals surface area (Å²) < 4.78 is 0. The third-order valence-corrected chi connectivity index (χ3v) is 3.78. The Morgan fingerprint density at radius 3 is 2.05 bits per heavy atom. The second kappa shape index (κ2) is 5.80. The highest BCUT2D eigenvalue weighted by atomic mass is 14.9. The van der Waals surface area contributed by atoms with Gasteiger partial charge in [-0.05, 0) is 36.1 Å². The molecule has 20 heavy (non-hydrogen) atoms. The maximum atomic E-state index is 3.47. The molecule has 1 atom stereocenters. The van der Waals surface area contributed by atoms with Crippen molar-refractivity contribution in [2.45, 2.75) is 39.2 Å². The first-order valence-electron chi connectivity index (χ1n) is 7.26. The number of hydrogen-bond acceptors (Lipinski definition) is 1. The summed E-state index contributed by atoms with van der Waals surface area (Å²) in [6.45, 7) is 8.94. The predicted octanol–water partition coefficient (Wildman–Crippen LogP) is 4.60. The minimum atomic E-state index is 0.149. The van der Waals surface area contributed by atoms with E-state index >= 15 is 0 Å². The highest BCUT2D eigenvalue weighted by molar-refractivity contribution is 5.41. The molecule has 106 valence electrons. The zero-order valence-electron chi connectivity index (χ0n) is 13.2. The Balaban J connectivity index is 2.50. The maximum absolute atomic E-state index is 3.47. The van der Waals surface area contributed by atoms with Crippen molar-refractivity contribution in [3.05, 3.63) is 70.8 Å². The van der Waals surface area contributed by atoms with Crippen molar-refractivity contribution < 1.29 is 0 Å². The second-order valence-corrected chi connectivity index (χ2v) is 6.47. The molecule has 1 unspecified atom stereocenters. The van der Waals surface area contributed by atoms with E-state index in [0.717, 1.165) is 0 Å². The Kier molecular flexibility index (Phi) is 4.29. The third-order valence-electron chi connectivity index (χ3n) is 3.78. The lowest BCUT2D eigenvalue weighted by Gasteiger charge is -2.27. The molecule has 0 saturated carbocycles.